The highest BCUT2D eigenvalue weighted by Crippen LogP contribution is 2.28. The summed E-state index contributed by atoms with van der Waals surface area (Å²) >= 11 is 0. The first-order valence-corrected chi connectivity index (χ1v) is 5.72. The second-order valence-electron chi connectivity index (χ2n) is 4.62. The molecule has 2 nitrogen and oxygen atoms in total. The van der Waals surface area contributed by atoms with E-state index >= 15 is 0 Å². The molecule has 0 aliphatic heterocycles. The molecule has 0 aromatic heterocycles. The van der Waals surface area contributed by atoms with Gasteiger partial charge >= 0.3 is 0 Å². The normalized spacial score (nSPS) is 25.5. The summed E-state index contributed by atoms with van der Waals surface area (Å²) in [6.07, 6.45) is 3.53. The Morgan fingerprint density at radius 1 is 1.27 bits per heavy atom. The van der Waals surface area contributed by atoms with Crippen LogP contribution in [0.5, 0.6) is 0 Å². The maximum atomic E-state index is 5.95. The van der Waals surface area contributed by atoms with Crippen LogP contribution < -0.4 is 10.6 Å². The monoisotopic (exact) mass is 204 g/mol. The Bertz CT molecular complexity index is 335. The second-order valence-corrected chi connectivity index (χ2v) is 4.62. The van der Waals surface area contributed by atoms with Crippen LogP contribution >= 0.6 is 0 Å². The standard InChI is InChI=1S/C13H20N2/c1-10-5-3-4-6-13(10)15(2)12-8-7-11(14)9-12/h3-6,11-12H,7-9,14H2,1-2H3. The fraction of sp³-hybridized carbons (Fsp3) is 0.538. The summed E-state index contributed by atoms with van der Waals surface area (Å²) in [5.41, 5.74) is 8.64. The highest BCUT2D eigenvalue weighted by atomic mass is 15.1. The minimum Gasteiger partial charge on any atom is -0.371 e. The average molecular weight is 204 g/mol. The second kappa shape index (κ2) is 4.23. The van der Waals surface area contributed by atoms with Crippen molar-refractivity contribution >= 4 is 5.69 Å². The van der Waals surface area contributed by atoms with E-state index in [4.69, 9.17) is 5.73 Å². The SMILES string of the molecule is Cc1ccccc1N(C)C1CCC(N)C1. The van der Waals surface area contributed by atoms with Crippen molar-refractivity contribution in [3.63, 3.8) is 0 Å². The lowest BCUT2D eigenvalue weighted by molar-refractivity contribution is 0.631. The van der Waals surface area contributed by atoms with Gasteiger partial charge < -0.3 is 10.6 Å². The minimum absolute atomic E-state index is 0.404. The molecule has 2 unspecified atom stereocenters. The smallest absolute Gasteiger partial charge is 0.0395 e. The molecule has 1 saturated carbocycles. The van der Waals surface area contributed by atoms with Gasteiger partial charge in [0.15, 0.2) is 0 Å². The van der Waals surface area contributed by atoms with E-state index < -0.39 is 0 Å². The van der Waals surface area contributed by atoms with Gasteiger partial charge in [0.1, 0.15) is 0 Å². The zero-order chi connectivity index (χ0) is 10.8. The number of para-hydroxylation sites is 1. The molecule has 2 atom stereocenters. The molecule has 82 valence electrons. The zero-order valence-electron chi connectivity index (χ0n) is 9.61. The van der Waals surface area contributed by atoms with Crippen LogP contribution in [0.2, 0.25) is 0 Å². The third-order valence-corrected chi connectivity index (χ3v) is 3.49. The van der Waals surface area contributed by atoms with E-state index in [1.54, 1.807) is 0 Å². The Hall–Kier alpha value is -1.02. The predicted octanol–water partition coefficient (Wildman–Crippen LogP) is 2.31. The summed E-state index contributed by atoms with van der Waals surface area (Å²) in [4.78, 5) is 2.39. The molecule has 0 saturated heterocycles. The fourth-order valence-corrected chi connectivity index (χ4v) is 2.50. The van der Waals surface area contributed by atoms with Gasteiger partial charge in [-0.1, -0.05) is 18.2 Å². The molecule has 1 fully saturated rings. The summed E-state index contributed by atoms with van der Waals surface area (Å²) in [5, 5.41) is 0. The van der Waals surface area contributed by atoms with Crippen molar-refractivity contribution in [2.24, 2.45) is 5.73 Å². The van der Waals surface area contributed by atoms with Gasteiger partial charge in [-0.2, -0.15) is 0 Å². The molecule has 0 amide bonds. The van der Waals surface area contributed by atoms with Crippen LogP contribution in [0.3, 0.4) is 0 Å². The molecule has 2 N–H and O–H groups in total. The molecule has 2 rings (SSSR count). The maximum Gasteiger partial charge on any atom is 0.0395 e. The molecule has 0 radical (unpaired) electrons. The van der Waals surface area contributed by atoms with Gasteiger partial charge in [0.25, 0.3) is 0 Å². The molecule has 1 aromatic rings. The largest absolute Gasteiger partial charge is 0.371 e. The summed E-state index contributed by atoms with van der Waals surface area (Å²) < 4.78 is 0. The number of anilines is 1. The summed E-state index contributed by atoms with van der Waals surface area (Å²) in [7, 11) is 2.19. The number of benzene rings is 1. The number of hydrogen-bond acceptors (Lipinski definition) is 2. The van der Waals surface area contributed by atoms with E-state index in [1.165, 1.54) is 24.1 Å². The van der Waals surface area contributed by atoms with E-state index in [9.17, 15) is 0 Å². The molecule has 2 heteroatoms. The van der Waals surface area contributed by atoms with Crippen LogP contribution in [-0.4, -0.2) is 19.1 Å². The summed E-state index contributed by atoms with van der Waals surface area (Å²) in [6, 6.07) is 9.59. The lowest BCUT2D eigenvalue weighted by Gasteiger charge is -2.28. The van der Waals surface area contributed by atoms with Crippen LogP contribution in [0.15, 0.2) is 24.3 Å². The lowest BCUT2D eigenvalue weighted by Crippen LogP contribution is -2.31. The maximum absolute atomic E-state index is 5.95. The van der Waals surface area contributed by atoms with E-state index in [2.05, 4.69) is 43.1 Å². The fourth-order valence-electron chi connectivity index (χ4n) is 2.50. The first kappa shape index (κ1) is 10.5. The first-order valence-electron chi connectivity index (χ1n) is 5.72. The Morgan fingerprint density at radius 2 is 2.00 bits per heavy atom. The van der Waals surface area contributed by atoms with Crippen molar-refractivity contribution in [2.45, 2.75) is 38.3 Å². The number of aryl methyl sites for hydroxylation is 1. The minimum atomic E-state index is 0.404. The van der Waals surface area contributed by atoms with Crippen molar-refractivity contribution in [3.05, 3.63) is 29.8 Å². The molecule has 1 aliphatic rings. The third kappa shape index (κ3) is 2.15. The molecule has 0 heterocycles. The molecule has 15 heavy (non-hydrogen) atoms. The van der Waals surface area contributed by atoms with Gasteiger partial charge in [0, 0.05) is 24.8 Å². The number of hydrogen-bond donors (Lipinski definition) is 1. The Kier molecular flexibility index (Phi) is 2.96. The van der Waals surface area contributed by atoms with Crippen LogP contribution in [0, 0.1) is 6.92 Å². The first-order chi connectivity index (χ1) is 7.18. The highest BCUT2D eigenvalue weighted by Gasteiger charge is 2.25. The lowest BCUT2D eigenvalue weighted by atomic mass is 10.1. The average Bonchev–Trinajstić information content (AvgIpc) is 2.65. The quantitative estimate of drug-likeness (QED) is 0.801. The number of nitrogens with zero attached hydrogens (tertiary/aromatic N) is 1. The molecule has 1 aromatic carbocycles. The Morgan fingerprint density at radius 3 is 2.60 bits per heavy atom. The summed E-state index contributed by atoms with van der Waals surface area (Å²) in [6.45, 7) is 2.17. The molecule has 1 aliphatic carbocycles. The van der Waals surface area contributed by atoms with E-state index in [-0.39, 0.29) is 0 Å². The number of nitrogens with two attached hydrogens (primary N) is 1. The van der Waals surface area contributed by atoms with Crippen molar-refractivity contribution < 1.29 is 0 Å². The third-order valence-electron chi connectivity index (χ3n) is 3.49. The van der Waals surface area contributed by atoms with Crippen molar-refractivity contribution in [1.29, 1.82) is 0 Å². The van der Waals surface area contributed by atoms with Gasteiger partial charge in [-0.25, -0.2) is 0 Å². The van der Waals surface area contributed by atoms with E-state index in [0.717, 1.165) is 6.42 Å². The highest BCUT2D eigenvalue weighted by molar-refractivity contribution is 5.53. The van der Waals surface area contributed by atoms with Gasteiger partial charge in [-0.15, -0.1) is 0 Å². The van der Waals surface area contributed by atoms with Crippen LogP contribution in [-0.2, 0) is 0 Å². The van der Waals surface area contributed by atoms with Crippen molar-refractivity contribution in [1.82, 2.24) is 0 Å². The van der Waals surface area contributed by atoms with Gasteiger partial charge in [-0.05, 0) is 37.8 Å². The molecular weight excluding hydrogens is 184 g/mol. The summed E-state index contributed by atoms with van der Waals surface area (Å²) in [5.74, 6) is 0. The van der Waals surface area contributed by atoms with Gasteiger partial charge in [0.2, 0.25) is 0 Å². The Balaban J connectivity index is 2.14. The molecule has 0 spiro atoms. The van der Waals surface area contributed by atoms with Crippen molar-refractivity contribution in [2.75, 3.05) is 11.9 Å². The zero-order valence-corrected chi connectivity index (χ0v) is 9.61. The van der Waals surface area contributed by atoms with E-state index in [1.807, 2.05) is 0 Å². The molecule has 0 bridgehead atoms. The van der Waals surface area contributed by atoms with Crippen LogP contribution in [0.4, 0.5) is 5.69 Å². The topological polar surface area (TPSA) is 29.3 Å². The Labute approximate surface area is 92.1 Å². The van der Waals surface area contributed by atoms with Gasteiger partial charge in [-0.3, -0.25) is 0 Å². The number of rotatable bonds is 2. The molecular formula is C13H20N2. The van der Waals surface area contributed by atoms with Crippen LogP contribution in [0.1, 0.15) is 24.8 Å². The van der Waals surface area contributed by atoms with E-state index in [0.29, 0.717) is 12.1 Å². The van der Waals surface area contributed by atoms with Crippen molar-refractivity contribution in [3.8, 4) is 0 Å². The predicted molar refractivity (Wildman–Crippen MR) is 65.2 cm³/mol. The van der Waals surface area contributed by atoms with Gasteiger partial charge in [0.05, 0.1) is 0 Å². The van der Waals surface area contributed by atoms with Crippen LogP contribution in [0.25, 0.3) is 0 Å².